The Kier molecular flexibility index (Phi) is 5.25. The maximum absolute atomic E-state index is 12.2. The van der Waals surface area contributed by atoms with E-state index in [1.54, 1.807) is 6.07 Å². The number of H-pyrrole nitrogens is 1. The van der Waals surface area contributed by atoms with Crippen LogP contribution in [0.15, 0.2) is 41.2 Å². The molecule has 25 heavy (non-hydrogen) atoms. The molecule has 3 rings (SSSR count). The van der Waals surface area contributed by atoms with Crippen LogP contribution in [-0.2, 0) is 24.2 Å². The van der Waals surface area contributed by atoms with Gasteiger partial charge < -0.3 is 9.72 Å². The van der Waals surface area contributed by atoms with Crippen LogP contribution in [0.5, 0.6) is 0 Å². The minimum Gasteiger partial charge on any atom is -0.474 e. The van der Waals surface area contributed by atoms with Crippen LogP contribution in [0.3, 0.4) is 0 Å². The summed E-state index contributed by atoms with van der Waals surface area (Å²) in [4.78, 5) is 29.5. The second-order valence-electron chi connectivity index (χ2n) is 5.91. The number of nitrogens with one attached hydrogen (secondary N) is 2. The molecule has 1 amide bonds. The number of methoxy groups -OCH3 is 1. The molecule has 0 spiro atoms. The molecule has 7 heteroatoms. The highest BCUT2D eigenvalue weighted by molar-refractivity contribution is 7.80. The molecule has 0 radical (unpaired) electrons. The minimum absolute atomic E-state index is 0.0414. The number of aromatic amines is 1. The van der Waals surface area contributed by atoms with Gasteiger partial charge in [0.1, 0.15) is 5.56 Å². The molecule has 0 unspecified atom stereocenters. The van der Waals surface area contributed by atoms with E-state index >= 15 is 0 Å². The van der Waals surface area contributed by atoms with Crippen LogP contribution in [0.2, 0.25) is 0 Å². The van der Waals surface area contributed by atoms with Gasteiger partial charge in [-0.3, -0.25) is 19.8 Å². The molecule has 130 valence electrons. The third kappa shape index (κ3) is 4.12. The molecule has 1 aromatic carbocycles. The van der Waals surface area contributed by atoms with Crippen LogP contribution in [0.4, 0.5) is 0 Å². The molecule has 1 aliphatic rings. The van der Waals surface area contributed by atoms with Gasteiger partial charge in [0.15, 0.2) is 0 Å². The van der Waals surface area contributed by atoms with E-state index in [0.717, 1.165) is 30.8 Å². The van der Waals surface area contributed by atoms with Crippen molar-refractivity contribution in [3.05, 3.63) is 69.1 Å². The number of carbonyl (C=O) groups is 1. The Morgan fingerprint density at radius 2 is 2.12 bits per heavy atom. The SMILES string of the molecule is COC(=S)NC(=O)c1cc2c([nH]c1=O)CCN(Cc1ccccc1)C2. The van der Waals surface area contributed by atoms with E-state index in [1.807, 2.05) is 18.2 Å². The molecule has 0 saturated carbocycles. The predicted molar refractivity (Wildman–Crippen MR) is 98.4 cm³/mol. The lowest BCUT2D eigenvalue weighted by Crippen LogP contribution is -2.37. The molecule has 0 atom stereocenters. The first kappa shape index (κ1) is 17.3. The molecule has 0 fully saturated rings. The van der Waals surface area contributed by atoms with Crippen molar-refractivity contribution in [1.29, 1.82) is 0 Å². The fourth-order valence-electron chi connectivity index (χ4n) is 2.92. The molecule has 6 nitrogen and oxygen atoms in total. The van der Waals surface area contributed by atoms with E-state index in [9.17, 15) is 9.59 Å². The molecular weight excluding hydrogens is 338 g/mol. The Morgan fingerprint density at radius 3 is 2.84 bits per heavy atom. The number of hydrogen-bond acceptors (Lipinski definition) is 5. The van der Waals surface area contributed by atoms with Crippen LogP contribution in [-0.4, -0.2) is 34.6 Å². The summed E-state index contributed by atoms with van der Waals surface area (Å²) in [5, 5.41) is 2.32. The number of carbonyl (C=O) groups excluding carboxylic acids is 1. The van der Waals surface area contributed by atoms with Gasteiger partial charge in [-0.1, -0.05) is 30.3 Å². The maximum atomic E-state index is 12.2. The standard InChI is InChI=1S/C18H19N3O3S/c1-24-18(25)20-17(23)14-9-13-11-21(8-7-15(13)19-16(14)22)10-12-5-3-2-4-6-12/h2-6,9H,7-8,10-11H2,1H3,(H,19,22)(H,20,23,25). The van der Waals surface area contributed by atoms with E-state index in [0.29, 0.717) is 6.54 Å². The van der Waals surface area contributed by atoms with Gasteiger partial charge in [0.25, 0.3) is 16.6 Å². The average Bonchev–Trinajstić information content (AvgIpc) is 2.62. The average molecular weight is 357 g/mol. The number of aromatic nitrogens is 1. The van der Waals surface area contributed by atoms with Gasteiger partial charge >= 0.3 is 0 Å². The summed E-state index contributed by atoms with van der Waals surface area (Å²) in [5.74, 6) is -0.559. The van der Waals surface area contributed by atoms with Gasteiger partial charge in [-0.15, -0.1) is 0 Å². The van der Waals surface area contributed by atoms with E-state index in [1.165, 1.54) is 12.7 Å². The number of pyridine rings is 1. The minimum atomic E-state index is -0.559. The van der Waals surface area contributed by atoms with Crippen LogP contribution in [0, 0.1) is 0 Å². The summed E-state index contributed by atoms with van der Waals surface area (Å²) in [6.45, 7) is 2.36. The smallest absolute Gasteiger partial charge is 0.264 e. The Labute approximate surface area is 150 Å². The molecule has 1 aliphatic heterocycles. The van der Waals surface area contributed by atoms with Crippen molar-refractivity contribution in [2.45, 2.75) is 19.5 Å². The Balaban J connectivity index is 1.79. The Bertz CT molecular complexity index is 848. The van der Waals surface area contributed by atoms with Crippen LogP contribution in [0.1, 0.15) is 27.2 Å². The highest BCUT2D eigenvalue weighted by atomic mass is 32.1. The lowest BCUT2D eigenvalue weighted by atomic mass is 10.0. The van der Waals surface area contributed by atoms with Crippen molar-refractivity contribution >= 4 is 23.3 Å². The molecule has 1 aromatic heterocycles. The summed E-state index contributed by atoms with van der Waals surface area (Å²) >= 11 is 4.81. The number of fused-ring (bicyclic) bond motifs is 1. The zero-order valence-electron chi connectivity index (χ0n) is 13.9. The van der Waals surface area contributed by atoms with Crippen LogP contribution in [0.25, 0.3) is 0 Å². The van der Waals surface area contributed by atoms with E-state index < -0.39 is 11.5 Å². The first-order valence-electron chi connectivity index (χ1n) is 7.97. The number of ether oxygens (including phenoxy) is 1. The number of benzene rings is 1. The van der Waals surface area contributed by atoms with Gasteiger partial charge in [-0.05, 0) is 29.4 Å². The number of hydrogen-bond donors (Lipinski definition) is 2. The van der Waals surface area contributed by atoms with Crippen LogP contribution < -0.4 is 10.9 Å². The first-order valence-corrected chi connectivity index (χ1v) is 8.38. The normalized spacial score (nSPS) is 13.8. The zero-order valence-corrected chi connectivity index (χ0v) is 14.7. The third-order valence-corrected chi connectivity index (χ3v) is 4.45. The van der Waals surface area contributed by atoms with E-state index in [-0.39, 0.29) is 10.7 Å². The summed E-state index contributed by atoms with van der Waals surface area (Å²) < 4.78 is 4.76. The molecule has 0 saturated heterocycles. The van der Waals surface area contributed by atoms with E-state index in [2.05, 4.69) is 27.3 Å². The van der Waals surface area contributed by atoms with Gasteiger partial charge in [-0.2, -0.15) is 0 Å². The lowest BCUT2D eigenvalue weighted by molar-refractivity contribution is 0.0968. The Hall–Kier alpha value is -2.51. The van der Waals surface area contributed by atoms with Gasteiger partial charge in [0.2, 0.25) is 0 Å². The quantitative estimate of drug-likeness (QED) is 0.816. The fraction of sp³-hybridized carbons (Fsp3) is 0.278. The second-order valence-corrected chi connectivity index (χ2v) is 6.28. The summed E-state index contributed by atoms with van der Waals surface area (Å²) in [6, 6.07) is 11.9. The highest BCUT2D eigenvalue weighted by Gasteiger charge is 2.21. The van der Waals surface area contributed by atoms with Gasteiger partial charge in [0, 0.05) is 31.7 Å². The van der Waals surface area contributed by atoms with Crippen molar-refractivity contribution in [2.75, 3.05) is 13.7 Å². The van der Waals surface area contributed by atoms with Crippen molar-refractivity contribution in [2.24, 2.45) is 0 Å². The van der Waals surface area contributed by atoms with E-state index in [4.69, 9.17) is 17.0 Å². The number of thiocarbonyl (C=S) groups is 1. The topological polar surface area (TPSA) is 74.4 Å². The van der Waals surface area contributed by atoms with Crippen molar-refractivity contribution in [3.8, 4) is 0 Å². The monoisotopic (exact) mass is 357 g/mol. The number of nitrogens with zero attached hydrogens (tertiary/aromatic N) is 1. The number of rotatable bonds is 3. The maximum Gasteiger partial charge on any atom is 0.264 e. The molecular formula is C18H19N3O3S. The Morgan fingerprint density at radius 1 is 1.36 bits per heavy atom. The molecule has 2 heterocycles. The summed E-state index contributed by atoms with van der Waals surface area (Å²) in [7, 11) is 1.36. The van der Waals surface area contributed by atoms with Crippen LogP contribution >= 0.6 is 12.2 Å². The zero-order chi connectivity index (χ0) is 17.8. The van der Waals surface area contributed by atoms with Crippen molar-refractivity contribution in [3.63, 3.8) is 0 Å². The number of amides is 1. The largest absolute Gasteiger partial charge is 0.474 e. The summed E-state index contributed by atoms with van der Waals surface area (Å²) in [5.41, 5.74) is 2.71. The highest BCUT2D eigenvalue weighted by Crippen LogP contribution is 2.18. The van der Waals surface area contributed by atoms with Crippen molar-refractivity contribution < 1.29 is 9.53 Å². The molecule has 2 aromatic rings. The third-order valence-electron chi connectivity index (χ3n) is 4.18. The predicted octanol–water partition coefficient (Wildman–Crippen LogP) is 1.59. The molecule has 2 N–H and O–H groups in total. The molecule has 0 bridgehead atoms. The lowest BCUT2D eigenvalue weighted by Gasteiger charge is -2.28. The summed E-state index contributed by atoms with van der Waals surface area (Å²) in [6.07, 6.45) is 0.746. The van der Waals surface area contributed by atoms with Crippen molar-refractivity contribution in [1.82, 2.24) is 15.2 Å². The first-order chi connectivity index (χ1) is 12.1. The van der Waals surface area contributed by atoms with Gasteiger partial charge in [-0.25, -0.2) is 0 Å². The van der Waals surface area contributed by atoms with Gasteiger partial charge in [0.05, 0.1) is 7.11 Å². The second kappa shape index (κ2) is 7.58. The fourth-order valence-corrected chi connectivity index (χ4v) is 3.01. The molecule has 0 aliphatic carbocycles.